The molecule has 0 bridgehead atoms. The van der Waals surface area contributed by atoms with Gasteiger partial charge in [0.2, 0.25) is 0 Å². The number of nitrogens with zero attached hydrogens (tertiary/aromatic N) is 1. The lowest BCUT2D eigenvalue weighted by atomic mass is 9.99. The van der Waals surface area contributed by atoms with E-state index >= 15 is 0 Å². The van der Waals surface area contributed by atoms with Gasteiger partial charge in [-0.1, -0.05) is 0 Å². The van der Waals surface area contributed by atoms with Crippen LogP contribution in [0.2, 0.25) is 0 Å². The topological polar surface area (TPSA) is 52.7 Å². The number of H-pyrrole nitrogens is 1. The molecule has 1 saturated heterocycles. The summed E-state index contributed by atoms with van der Waals surface area (Å²) in [6, 6.07) is 2.97. The summed E-state index contributed by atoms with van der Waals surface area (Å²) in [5.74, 6) is 0.640. The van der Waals surface area contributed by atoms with Crippen molar-refractivity contribution in [3.05, 3.63) is 17.5 Å². The summed E-state index contributed by atoms with van der Waals surface area (Å²) in [4.78, 5) is 0. The number of nitrogens with one attached hydrogen (secondary N) is 3. The highest BCUT2D eigenvalue weighted by Gasteiger charge is 2.23. The second-order valence-corrected chi connectivity index (χ2v) is 4.33. The molecule has 1 aromatic heterocycles. The smallest absolute Gasteiger partial charge is 0.0681 e. The number of rotatable bonds is 4. The number of aromatic nitrogens is 2. The van der Waals surface area contributed by atoms with Gasteiger partial charge in [0.25, 0.3) is 0 Å². The van der Waals surface area contributed by atoms with Crippen LogP contribution in [-0.4, -0.2) is 29.3 Å². The van der Waals surface area contributed by atoms with Crippen molar-refractivity contribution in [3.8, 4) is 0 Å². The minimum absolute atomic E-state index is 0.640. The summed E-state index contributed by atoms with van der Waals surface area (Å²) in [6.07, 6.45) is 2.68. The highest BCUT2D eigenvalue weighted by molar-refractivity contribution is 5.16. The van der Waals surface area contributed by atoms with Crippen LogP contribution in [0.4, 0.5) is 0 Å². The maximum absolute atomic E-state index is 4.33. The Morgan fingerprint density at radius 3 is 2.93 bits per heavy atom. The maximum atomic E-state index is 4.33. The van der Waals surface area contributed by atoms with Crippen LogP contribution in [0.5, 0.6) is 0 Å². The second kappa shape index (κ2) is 3.37. The Balaban J connectivity index is 1.58. The summed E-state index contributed by atoms with van der Waals surface area (Å²) in [6.45, 7) is 3.11. The van der Waals surface area contributed by atoms with Gasteiger partial charge in [0.05, 0.1) is 5.69 Å². The van der Waals surface area contributed by atoms with Gasteiger partial charge in [0.15, 0.2) is 0 Å². The zero-order valence-corrected chi connectivity index (χ0v) is 8.21. The molecule has 3 rings (SSSR count). The lowest BCUT2D eigenvalue weighted by Crippen LogP contribution is -2.40. The Morgan fingerprint density at radius 1 is 1.43 bits per heavy atom. The first-order chi connectivity index (χ1) is 6.92. The third-order valence-electron chi connectivity index (χ3n) is 3.01. The number of aromatic amines is 1. The van der Waals surface area contributed by atoms with E-state index in [0.29, 0.717) is 5.92 Å². The van der Waals surface area contributed by atoms with Crippen LogP contribution in [0, 0.1) is 0 Å². The summed E-state index contributed by atoms with van der Waals surface area (Å²) >= 11 is 0. The predicted octanol–water partition coefficient (Wildman–Crippen LogP) is 0.348. The third-order valence-corrected chi connectivity index (χ3v) is 3.01. The van der Waals surface area contributed by atoms with Gasteiger partial charge in [0, 0.05) is 37.3 Å². The predicted molar refractivity (Wildman–Crippen MR) is 54.1 cm³/mol. The molecule has 1 aliphatic heterocycles. The van der Waals surface area contributed by atoms with Crippen LogP contribution in [0.3, 0.4) is 0 Å². The fourth-order valence-electron chi connectivity index (χ4n) is 1.72. The highest BCUT2D eigenvalue weighted by atomic mass is 15.1. The van der Waals surface area contributed by atoms with Crippen molar-refractivity contribution in [3.63, 3.8) is 0 Å². The molecule has 0 spiro atoms. The Morgan fingerprint density at radius 2 is 2.29 bits per heavy atom. The number of hydrogen-bond donors (Lipinski definition) is 3. The molecule has 0 radical (unpaired) electrons. The Hall–Kier alpha value is -0.870. The van der Waals surface area contributed by atoms with E-state index in [4.69, 9.17) is 0 Å². The zero-order chi connectivity index (χ0) is 9.38. The second-order valence-electron chi connectivity index (χ2n) is 4.33. The standard InChI is InChI=1S/C10H16N4/c1-2-8(1)12-6-9-3-10(14-13-9)7-4-11-5-7/h3,7-8,11-12H,1-2,4-6H2,(H,13,14). The molecule has 14 heavy (non-hydrogen) atoms. The Kier molecular flexibility index (Phi) is 2.03. The third kappa shape index (κ3) is 1.67. The van der Waals surface area contributed by atoms with E-state index in [1.807, 2.05) is 0 Å². The van der Waals surface area contributed by atoms with E-state index in [1.165, 1.54) is 24.2 Å². The quantitative estimate of drug-likeness (QED) is 0.645. The summed E-state index contributed by atoms with van der Waals surface area (Å²) in [5.41, 5.74) is 2.44. The van der Waals surface area contributed by atoms with Crippen LogP contribution in [-0.2, 0) is 6.54 Å². The molecule has 2 fully saturated rings. The maximum Gasteiger partial charge on any atom is 0.0681 e. The fraction of sp³-hybridized carbons (Fsp3) is 0.700. The normalized spacial score (nSPS) is 22.3. The molecule has 0 aromatic carbocycles. The minimum atomic E-state index is 0.640. The molecule has 4 nitrogen and oxygen atoms in total. The molecule has 1 aromatic rings. The Bertz CT molecular complexity index is 312. The molecule has 4 heteroatoms. The minimum Gasteiger partial charge on any atom is -0.315 e. The SMILES string of the molecule is c1c(C2CNC2)n[nH]c1CNC1CC1. The lowest BCUT2D eigenvalue weighted by molar-refractivity contribution is 0.439. The summed E-state index contributed by atoms with van der Waals surface area (Å²) in [5, 5.41) is 14.2. The van der Waals surface area contributed by atoms with Gasteiger partial charge in [-0.2, -0.15) is 5.10 Å². The summed E-state index contributed by atoms with van der Waals surface area (Å²) in [7, 11) is 0. The van der Waals surface area contributed by atoms with Gasteiger partial charge >= 0.3 is 0 Å². The van der Waals surface area contributed by atoms with E-state index in [9.17, 15) is 0 Å². The molecule has 1 saturated carbocycles. The largest absolute Gasteiger partial charge is 0.315 e. The molecule has 0 amide bonds. The molecular formula is C10H16N4. The van der Waals surface area contributed by atoms with Gasteiger partial charge in [-0.25, -0.2) is 0 Å². The van der Waals surface area contributed by atoms with Crippen LogP contribution in [0.15, 0.2) is 6.07 Å². The fourth-order valence-corrected chi connectivity index (χ4v) is 1.72. The van der Waals surface area contributed by atoms with Crippen molar-refractivity contribution < 1.29 is 0 Å². The van der Waals surface area contributed by atoms with Crippen LogP contribution in [0.25, 0.3) is 0 Å². The van der Waals surface area contributed by atoms with Crippen LogP contribution in [0.1, 0.15) is 30.1 Å². The first kappa shape index (κ1) is 8.44. The van der Waals surface area contributed by atoms with Gasteiger partial charge < -0.3 is 10.6 Å². The van der Waals surface area contributed by atoms with Crippen molar-refractivity contribution >= 4 is 0 Å². The molecule has 3 N–H and O–H groups in total. The first-order valence-corrected chi connectivity index (χ1v) is 5.40. The van der Waals surface area contributed by atoms with Gasteiger partial charge in [0.1, 0.15) is 0 Å². The monoisotopic (exact) mass is 192 g/mol. The first-order valence-electron chi connectivity index (χ1n) is 5.40. The molecule has 2 heterocycles. The van der Waals surface area contributed by atoms with Gasteiger partial charge in [-0.3, -0.25) is 5.10 Å². The summed E-state index contributed by atoms with van der Waals surface area (Å²) < 4.78 is 0. The van der Waals surface area contributed by atoms with Crippen molar-refractivity contribution in [2.24, 2.45) is 0 Å². The van der Waals surface area contributed by atoms with Crippen LogP contribution < -0.4 is 10.6 Å². The zero-order valence-electron chi connectivity index (χ0n) is 8.21. The molecule has 2 aliphatic rings. The van der Waals surface area contributed by atoms with E-state index in [0.717, 1.165) is 25.7 Å². The van der Waals surface area contributed by atoms with E-state index < -0.39 is 0 Å². The highest BCUT2D eigenvalue weighted by Crippen LogP contribution is 2.20. The van der Waals surface area contributed by atoms with Gasteiger partial charge in [-0.15, -0.1) is 0 Å². The van der Waals surface area contributed by atoms with E-state index in [-0.39, 0.29) is 0 Å². The molecule has 0 unspecified atom stereocenters. The number of hydrogen-bond acceptors (Lipinski definition) is 3. The Labute approximate surface area is 83.5 Å². The van der Waals surface area contributed by atoms with Crippen molar-refractivity contribution in [1.82, 2.24) is 20.8 Å². The molecular weight excluding hydrogens is 176 g/mol. The van der Waals surface area contributed by atoms with E-state index in [2.05, 4.69) is 26.9 Å². The molecule has 76 valence electrons. The van der Waals surface area contributed by atoms with Gasteiger partial charge in [-0.05, 0) is 18.9 Å². The molecule has 0 atom stereocenters. The van der Waals surface area contributed by atoms with Crippen molar-refractivity contribution in [2.75, 3.05) is 13.1 Å². The van der Waals surface area contributed by atoms with Crippen molar-refractivity contribution in [1.29, 1.82) is 0 Å². The van der Waals surface area contributed by atoms with Crippen molar-refractivity contribution in [2.45, 2.75) is 31.3 Å². The van der Waals surface area contributed by atoms with E-state index in [1.54, 1.807) is 0 Å². The average Bonchev–Trinajstić information content (AvgIpc) is 2.82. The lowest BCUT2D eigenvalue weighted by Gasteiger charge is -2.24. The van der Waals surface area contributed by atoms with Crippen LogP contribution >= 0.6 is 0 Å². The molecule has 1 aliphatic carbocycles. The average molecular weight is 192 g/mol.